The van der Waals surface area contributed by atoms with E-state index in [0.717, 1.165) is 17.4 Å². The van der Waals surface area contributed by atoms with Gasteiger partial charge in [-0.1, -0.05) is 20.8 Å². The second-order valence-corrected chi connectivity index (χ2v) is 8.38. The molecule has 0 radical (unpaired) electrons. The number of nitrogens with zero attached hydrogens (tertiary/aromatic N) is 5. The molecule has 9 heteroatoms. The number of nitrogens with one attached hydrogen (secondary N) is 1. The van der Waals surface area contributed by atoms with Crippen molar-refractivity contribution in [2.24, 2.45) is 10.4 Å². The normalized spacial score (nSPS) is 14.9. The quantitative estimate of drug-likeness (QED) is 0.607. The van der Waals surface area contributed by atoms with Crippen molar-refractivity contribution >= 4 is 23.7 Å². The van der Waals surface area contributed by atoms with Gasteiger partial charge in [0.15, 0.2) is 11.4 Å². The molecular formula is C18H26N6O3. The van der Waals surface area contributed by atoms with Crippen molar-refractivity contribution in [1.82, 2.24) is 24.4 Å². The zero-order valence-corrected chi connectivity index (χ0v) is 16.4. The summed E-state index contributed by atoms with van der Waals surface area (Å²) in [4.78, 5) is 31.4. The van der Waals surface area contributed by atoms with Crippen LogP contribution in [0.3, 0.4) is 0 Å². The molecule has 1 saturated carbocycles. The summed E-state index contributed by atoms with van der Waals surface area (Å²) in [5, 5.41) is 17.8. The van der Waals surface area contributed by atoms with Crippen molar-refractivity contribution in [3.8, 4) is 5.88 Å². The summed E-state index contributed by atoms with van der Waals surface area (Å²) in [6.45, 7) is 6.42. The molecule has 27 heavy (non-hydrogen) atoms. The molecule has 0 spiro atoms. The highest BCUT2D eigenvalue weighted by atomic mass is 16.3. The fraction of sp³-hybridized carbons (Fsp3) is 0.556. The van der Waals surface area contributed by atoms with Gasteiger partial charge >= 0.3 is 0 Å². The van der Waals surface area contributed by atoms with E-state index in [2.05, 4.69) is 15.4 Å². The fourth-order valence-corrected chi connectivity index (χ4v) is 2.70. The first-order valence-corrected chi connectivity index (χ1v) is 8.94. The van der Waals surface area contributed by atoms with Crippen molar-refractivity contribution in [2.75, 3.05) is 14.1 Å². The molecule has 0 saturated heterocycles. The predicted octanol–water partition coefficient (Wildman–Crippen LogP) is 1.36. The molecule has 9 nitrogen and oxygen atoms in total. The van der Waals surface area contributed by atoms with Crippen LogP contribution in [0, 0.1) is 5.41 Å². The molecule has 1 fully saturated rings. The van der Waals surface area contributed by atoms with Crippen LogP contribution in [0.15, 0.2) is 15.9 Å². The Balaban J connectivity index is 2.20. The van der Waals surface area contributed by atoms with Crippen LogP contribution in [0.2, 0.25) is 0 Å². The minimum Gasteiger partial charge on any atom is -0.494 e. The Labute approximate surface area is 157 Å². The molecule has 146 valence electrons. The highest BCUT2D eigenvalue weighted by Crippen LogP contribution is 2.27. The number of amides is 1. The highest BCUT2D eigenvalue weighted by molar-refractivity contribution is 5.96. The molecule has 1 aliphatic carbocycles. The van der Waals surface area contributed by atoms with Gasteiger partial charge in [-0.2, -0.15) is 4.52 Å². The average Bonchev–Trinajstić information content (AvgIpc) is 3.24. The minimum absolute atomic E-state index is 0.0703. The molecule has 0 aliphatic heterocycles. The summed E-state index contributed by atoms with van der Waals surface area (Å²) in [6, 6.07) is 1.69. The van der Waals surface area contributed by atoms with Crippen LogP contribution in [0.1, 0.15) is 44.0 Å². The highest BCUT2D eigenvalue weighted by Gasteiger charge is 2.30. The molecular weight excluding hydrogens is 348 g/mol. The molecule has 1 amide bonds. The Morgan fingerprint density at radius 1 is 1.44 bits per heavy atom. The first kappa shape index (κ1) is 18.9. The number of aromatic hydroxyl groups is 1. The number of aliphatic imine (C=N–C) groups is 1. The lowest BCUT2D eigenvalue weighted by Crippen LogP contribution is -2.35. The van der Waals surface area contributed by atoms with Gasteiger partial charge in [0.2, 0.25) is 5.88 Å². The number of fused-ring (bicyclic) bond motifs is 1. The Morgan fingerprint density at radius 3 is 2.67 bits per heavy atom. The predicted molar refractivity (Wildman–Crippen MR) is 103 cm³/mol. The number of rotatable bonds is 5. The lowest BCUT2D eigenvalue weighted by molar-refractivity contribution is 0.0944. The lowest BCUT2D eigenvalue weighted by atomic mass is 9.96. The van der Waals surface area contributed by atoms with Crippen LogP contribution in [0.5, 0.6) is 5.88 Å². The van der Waals surface area contributed by atoms with Crippen LogP contribution < -0.4 is 10.9 Å². The van der Waals surface area contributed by atoms with Crippen molar-refractivity contribution in [3.63, 3.8) is 0 Å². The maximum absolute atomic E-state index is 12.9. The zero-order chi connectivity index (χ0) is 19.9. The van der Waals surface area contributed by atoms with Crippen LogP contribution >= 0.6 is 0 Å². The van der Waals surface area contributed by atoms with Crippen molar-refractivity contribution in [2.45, 2.75) is 46.2 Å². The molecule has 2 heterocycles. The topological polar surface area (TPSA) is 104 Å². The maximum Gasteiger partial charge on any atom is 0.291 e. The monoisotopic (exact) mass is 374 g/mol. The van der Waals surface area contributed by atoms with Gasteiger partial charge in [-0.3, -0.25) is 14.2 Å². The van der Waals surface area contributed by atoms with E-state index in [1.165, 1.54) is 0 Å². The van der Waals surface area contributed by atoms with Crippen molar-refractivity contribution in [1.29, 1.82) is 0 Å². The fourth-order valence-electron chi connectivity index (χ4n) is 2.70. The van der Waals surface area contributed by atoms with Gasteiger partial charge < -0.3 is 15.3 Å². The summed E-state index contributed by atoms with van der Waals surface area (Å²) in [7, 11) is 3.65. The molecule has 0 atom stereocenters. The Kier molecular flexibility index (Phi) is 4.71. The molecule has 0 unspecified atom stereocenters. The largest absolute Gasteiger partial charge is 0.494 e. The van der Waals surface area contributed by atoms with Gasteiger partial charge in [0.1, 0.15) is 5.65 Å². The standard InChI is InChI=1S/C18H26N6O3/c1-18(2,3)9-23-13-8-12(19-10-22(4)5)21-24(13)17(27)14(16(23)26)15(25)20-11-6-7-11/h8,10-11,26H,6-7,9H2,1-5H3,(H,20,25). The molecule has 2 N–H and O–H groups in total. The number of hydrogen-bond acceptors (Lipinski definition) is 5. The molecule has 0 aromatic carbocycles. The van der Waals surface area contributed by atoms with E-state index in [9.17, 15) is 14.7 Å². The number of hydrogen-bond donors (Lipinski definition) is 2. The summed E-state index contributed by atoms with van der Waals surface area (Å²) in [6.07, 6.45) is 3.34. The van der Waals surface area contributed by atoms with E-state index in [0.29, 0.717) is 18.0 Å². The molecule has 1 aliphatic rings. The number of carbonyl (C=O) groups excluding carboxylic acids is 1. The third-order valence-electron chi connectivity index (χ3n) is 4.03. The van der Waals surface area contributed by atoms with Crippen LogP contribution in [0.25, 0.3) is 5.65 Å². The van der Waals surface area contributed by atoms with Crippen LogP contribution in [-0.4, -0.2) is 56.6 Å². The third-order valence-corrected chi connectivity index (χ3v) is 4.03. The van der Waals surface area contributed by atoms with E-state index < -0.39 is 11.5 Å². The first-order valence-electron chi connectivity index (χ1n) is 8.94. The Morgan fingerprint density at radius 2 is 2.11 bits per heavy atom. The van der Waals surface area contributed by atoms with E-state index >= 15 is 0 Å². The molecule has 2 aromatic rings. The summed E-state index contributed by atoms with van der Waals surface area (Å²) >= 11 is 0. The lowest BCUT2D eigenvalue weighted by Gasteiger charge is -2.23. The Hall–Kier alpha value is -2.84. The summed E-state index contributed by atoms with van der Waals surface area (Å²) in [5.74, 6) is -0.593. The maximum atomic E-state index is 12.9. The van der Waals surface area contributed by atoms with Gasteiger partial charge in [-0.15, -0.1) is 5.10 Å². The van der Waals surface area contributed by atoms with Crippen LogP contribution in [0.4, 0.5) is 5.82 Å². The SMILES string of the molecule is CN(C)C=Nc1cc2n(CC(C)(C)C)c(O)c(C(=O)NC3CC3)c(=O)n2n1. The number of carbonyl (C=O) groups is 1. The first-order chi connectivity index (χ1) is 12.6. The van der Waals surface area contributed by atoms with Crippen molar-refractivity contribution in [3.05, 3.63) is 22.0 Å². The zero-order valence-electron chi connectivity index (χ0n) is 16.4. The second-order valence-electron chi connectivity index (χ2n) is 8.38. The number of aromatic nitrogens is 3. The minimum atomic E-state index is -0.655. The Bertz CT molecular complexity index is 960. The van der Waals surface area contributed by atoms with Gasteiger partial charge in [-0.25, -0.2) is 4.99 Å². The summed E-state index contributed by atoms with van der Waals surface area (Å²) in [5.41, 5.74) is -0.752. The van der Waals surface area contributed by atoms with Gasteiger partial charge in [0.25, 0.3) is 11.5 Å². The van der Waals surface area contributed by atoms with Gasteiger partial charge in [-0.05, 0) is 18.3 Å². The van der Waals surface area contributed by atoms with E-state index in [-0.39, 0.29) is 22.9 Å². The smallest absolute Gasteiger partial charge is 0.291 e. The van der Waals surface area contributed by atoms with Crippen LogP contribution in [-0.2, 0) is 6.54 Å². The molecule has 0 bridgehead atoms. The second kappa shape index (κ2) is 6.71. The average molecular weight is 374 g/mol. The molecule has 2 aromatic heterocycles. The van der Waals surface area contributed by atoms with Gasteiger partial charge in [0.05, 0.1) is 6.34 Å². The summed E-state index contributed by atoms with van der Waals surface area (Å²) < 4.78 is 2.68. The van der Waals surface area contributed by atoms with E-state index in [4.69, 9.17) is 0 Å². The van der Waals surface area contributed by atoms with Gasteiger partial charge in [0, 0.05) is 32.7 Å². The van der Waals surface area contributed by atoms with E-state index in [1.54, 1.807) is 21.9 Å². The third kappa shape index (κ3) is 4.12. The molecule has 3 rings (SSSR count). The van der Waals surface area contributed by atoms with Crippen molar-refractivity contribution < 1.29 is 9.90 Å². The van der Waals surface area contributed by atoms with E-state index in [1.807, 2.05) is 34.9 Å².